The molecule has 0 saturated carbocycles. The van der Waals surface area contributed by atoms with E-state index in [2.05, 4.69) is 15.5 Å². The maximum absolute atomic E-state index is 10.5. The van der Waals surface area contributed by atoms with Crippen molar-refractivity contribution in [2.24, 2.45) is 10.2 Å². The van der Waals surface area contributed by atoms with Crippen molar-refractivity contribution in [3.8, 4) is 0 Å². The summed E-state index contributed by atoms with van der Waals surface area (Å²) in [7, 11) is 0. The van der Waals surface area contributed by atoms with Crippen LogP contribution in [0.3, 0.4) is 0 Å². The fraction of sp³-hybridized carbons (Fsp3) is 0.143. The SMILES string of the molecule is O=[N+]([O-])c1ccc(N=Nc2ccc(NCCO)cc2)cc1. The summed E-state index contributed by atoms with van der Waals surface area (Å²) >= 11 is 0. The summed E-state index contributed by atoms with van der Waals surface area (Å²) in [5.74, 6) is 0. The number of benzene rings is 2. The zero-order valence-corrected chi connectivity index (χ0v) is 11.1. The smallest absolute Gasteiger partial charge is 0.269 e. The monoisotopic (exact) mass is 286 g/mol. The highest BCUT2D eigenvalue weighted by Gasteiger charge is 2.03. The van der Waals surface area contributed by atoms with Crippen LogP contribution >= 0.6 is 0 Å². The van der Waals surface area contributed by atoms with Crippen LogP contribution in [0.15, 0.2) is 58.8 Å². The molecular formula is C14H14N4O3. The molecule has 2 aromatic carbocycles. The highest BCUT2D eigenvalue weighted by atomic mass is 16.6. The van der Waals surface area contributed by atoms with Gasteiger partial charge in [0.25, 0.3) is 5.69 Å². The lowest BCUT2D eigenvalue weighted by atomic mass is 10.3. The Morgan fingerprint density at radius 2 is 1.52 bits per heavy atom. The van der Waals surface area contributed by atoms with Crippen molar-refractivity contribution in [2.45, 2.75) is 0 Å². The highest BCUT2D eigenvalue weighted by molar-refractivity contribution is 5.51. The number of nitro benzene ring substituents is 1. The second-order valence-corrected chi connectivity index (χ2v) is 4.17. The molecule has 2 N–H and O–H groups in total. The Hall–Kier alpha value is -2.80. The van der Waals surface area contributed by atoms with Gasteiger partial charge < -0.3 is 10.4 Å². The van der Waals surface area contributed by atoms with E-state index in [1.807, 2.05) is 12.1 Å². The summed E-state index contributed by atoms with van der Waals surface area (Å²) in [5, 5.41) is 30.3. The molecule has 2 rings (SSSR count). The number of aliphatic hydroxyl groups excluding tert-OH is 1. The quantitative estimate of drug-likeness (QED) is 0.482. The molecule has 7 nitrogen and oxygen atoms in total. The molecule has 7 heteroatoms. The summed E-state index contributed by atoms with van der Waals surface area (Å²) in [6.07, 6.45) is 0. The van der Waals surface area contributed by atoms with Gasteiger partial charge in [-0.05, 0) is 36.4 Å². The Morgan fingerprint density at radius 1 is 1.00 bits per heavy atom. The number of nitrogens with one attached hydrogen (secondary N) is 1. The average Bonchev–Trinajstić information content (AvgIpc) is 2.52. The number of hydrogen-bond acceptors (Lipinski definition) is 6. The first-order valence-electron chi connectivity index (χ1n) is 6.30. The first kappa shape index (κ1) is 14.6. The number of nitrogens with zero attached hydrogens (tertiary/aromatic N) is 3. The number of aliphatic hydroxyl groups is 1. The van der Waals surface area contributed by atoms with Crippen LogP contribution in [0.25, 0.3) is 0 Å². The normalized spacial score (nSPS) is 10.7. The molecule has 0 unspecified atom stereocenters. The molecule has 108 valence electrons. The van der Waals surface area contributed by atoms with Crippen LogP contribution in [0, 0.1) is 10.1 Å². The summed E-state index contributed by atoms with van der Waals surface area (Å²) in [6, 6.07) is 13.1. The maximum Gasteiger partial charge on any atom is 0.269 e. The minimum atomic E-state index is -0.459. The van der Waals surface area contributed by atoms with Gasteiger partial charge in [-0.2, -0.15) is 10.2 Å². The van der Waals surface area contributed by atoms with E-state index in [1.165, 1.54) is 12.1 Å². The Balaban J connectivity index is 2.01. The van der Waals surface area contributed by atoms with Gasteiger partial charge in [0.05, 0.1) is 22.9 Å². The molecule has 2 aromatic rings. The molecule has 21 heavy (non-hydrogen) atoms. The average molecular weight is 286 g/mol. The van der Waals surface area contributed by atoms with Crippen LogP contribution in [0.5, 0.6) is 0 Å². The third-order valence-corrected chi connectivity index (χ3v) is 2.65. The molecule has 0 radical (unpaired) electrons. The van der Waals surface area contributed by atoms with Gasteiger partial charge in [-0.1, -0.05) is 0 Å². The van der Waals surface area contributed by atoms with Crippen LogP contribution in [-0.2, 0) is 0 Å². The topological polar surface area (TPSA) is 100 Å². The van der Waals surface area contributed by atoms with Crippen LogP contribution in [-0.4, -0.2) is 23.2 Å². The molecule has 0 saturated heterocycles. The minimum absolute atomic E-state index is 0.0215. The van der Waals surface area contributed by atoms with E-state index < -0.39 is 4.92 Å². The molecule has 0 aromatic heterocycles. The van der Waals surface area contributed by atoms with E-state index in [-0.39, 0.29) is 12.3 Å². The maximum atomic E-state index is 10.5. The van der Waals surface area contributed by atoms with Crippen LogP contribution in [0.1, 0.15) is 0 Å². The third kappa shape index (κ3) is 4.36. The number of nitro groups is 1. The molecular weight excluding hydrogens is 272 g/mol. The third-order valence-electron chi connectivity index (χ3n) is 2.65. The van der Waals surface area contributed by atoms with Crippen molar-refractivity contribution in [2.75, 3.05) is 18.5 Å². The molecule has 0 bridgehead atoms. The first-order valence-corrected chi connectivity index (χ1v) is 6.30. The number of azo groups is 1. The number of rotatable bonds is 6. The fourth-order valence-electron chi connectivity index (χ4n) is 1.60. The van der Waals surface area contributed by atoms with E-state index in [1.54, 1.807) is 24.3 Å². The molecule has 0 fully saturated rings. The van der Waals surface area contributed by atoms with Crippen molar-refractivity contribution < 1.29 is 10.0 Å². The summed E-state index contributed by atoms with van der Waals surface area (Å²) in [6.45, 7) is 0.561. The number of hydrogen-bond donors (Lipinski definition) is 2. The fourth-order valence-corrected chi connectivity index (χ4v) is 1.60. The molecule has 0 aliphatic rings. The summed E-state index contributed by atoms with van der Waals surface area (Å²) in [4.78, 5) is 10.1. The van der Waals surface area contributed by atoms with Crippen molar-refractivity contribution in [3.63, 3.8) is 0 Å². The van der Waals surface area contributed by atoms with Gasteiger partial charge >= 0.3 is 0 Å². The van der Waals surface area contributed by atoms with Crippen LogP contribution in [0.2, 0.25) is 0 Å². The van der Waals surface area contributed by atoms with Crippen molar-refractivity contribution in [1.29, 1.82) is 0 Å². The second-order valence-electron chi connectivity index (χ2n) is 4.17. The van der Waals surface area contributed by atoms with E-state index in [0.717, 1.165) is 5.69 Å². The number of non-ortho nitro benzene ring substituents is 1. The zero-order valence-electron chi connectivity index (χ0n) is 11.1. The van der Waals surface area contributed by atoms with Gasteiger partial charge in [0.2, 0.25) is 0 Å². The molecule has 0 amide bonds. The Morgan fingerprint density at radius 3 is 2.00 bits per heavy atom. The van der Waals surface area contributed by atoms with Gasteiger partial charge in [-0.25, -0.2) is 0 Å². The lowest BCUT2D eigenvalue weighted by Crippen LogP contribution is -2.04. The lowest BCUT2D eigenvalue weighted by Gasteiger charge is -2.03. The predicted molar refractivity (Wildman–Crippen MR) is 79.3 cm³/mol. The Bertz CT molecular complexity index is 624. The zero-order chi connectivity index (χ0) is 15.1. The highest BCUT2D eigenvalue weighted by Crippen LogP contribution is 2.22. The van der Waals surface area contributed by atoms with E-state index in [0.29, 0.717) is 17.9 Å². The van der Waals surface area contributed by atoms with Crippen molar-refractivity contribution in [1.82, 2.24) is 0 Å². The molecule has 0 aliphatic carbocycles. The van der Waals surface area contributed by atoms with Crippen molar-refractivity contribution in [3.05, 3.63) is 58.6 Å². The van der Waals surface area contributed by atoms with E-state index in [4.69, 9.17) is 5.11 Å². The van der Waals surface area contributed by atoms with Gasteiger partial charge in [0.15, 0.2) is 0 Å². The summed E-state index contributed by atoms with van der Waals surface area (Å²) in [5.41, 5.74) is 2.12. The minimum Gasteiger partial charge on any atom is -0.395 e. The second kappa shape index (κ2) is 7.11. The van der Waals surface area contributed by atoms with Gasteiger partial charge in [0.1, 0.15) is 0 Å². The summed E-state index contributed by atoms with van der Waals surface area (Å²) < 4.78 is 0. The molecule has 0 spiro atoms. The molecule has 0 aliphatic heterocycles. The lowest BCUT2D eigenvalue weighted by molar-refractivity contribution is -0.384. The standard InChI is InChI=1S/C14H14N4O3/c19-10-9-15-11-1-3-12(4-2-11)16-17-13-5-7-14(8-6-13)18(20)21/h1-8,15,19H,9-10H2. The Kier molecular flexibility index (Phi) is 4.94. The van der Waals surface area contributed by atoms with Gasteiger partial charge in [0, 0.05) is 24.4 Å². The van der Waals surface area contributed by atoms with Crippen LogP contribution in [0.4, 0.5) is 22.7 Å². The molecule has 0 atom stereocenters. The van der Waals surface area contributed by atoms with E-state index >= 15 is 0 Å². The van der Waals surface area contributed by atoms with Gasteiger partial charge in [-0.3, -0.25) is 10.1 Å². The largest absolute Gasteiger partial charge is 0.395 e. The predicted octanol–water partition coefficient (Wildman–Crippen LogP) is 3.41. The molecule has 0 heterocycles. The number of anilines is 1. The Labute approximate surface area is 121 Å². The van der Waals surface area contributed by atoms with Gasteiger partial charge in [-0.15, -0.1) is 0 Å². The first-order chi connectivity index (χ1) is 10.2. The van der Waals surface area contributed by atoms with E-state index in [9.17, 15) is 10.1 Å². The van der Waals surface area contributed by atoms with Crippen LogP contribution < -0.4 is 5.32 Å². The van der Waals surface area contributed by atoms with Crippen molar-refractivity contribution >= 4 is 22.7 Å².